The van der Waals surface area contributed by atoms with Crippen molar-refractivity contribution < 1.29 is 0 Å². The van der Waals surface area contributed by atoms with Gasteiger partial charge < -0.3 is 0 Å². The highest BCUT2D eigenvalue weighted by atomic mass is 15.0. The molecular formula is C66H36N6. The fraction of sp³-hybridized carbons (Fsp3) is 0. The third-order valence-corrected chi connectivity index (χ3v) is 15.5. The first-order valence-electron chi connectivity index (χ1n) is 24.5. The van der Waals surface area contributed by atoms with Crippen molar-refractivity contribution in [3.05, 3.63) is 219 Å². The minimum atomic E-state index is 0.869. The van der Waals surface area contributed by atoms with Crippen LogP contribution in [-0.4, -0.2) is 28.7 Å². The van der Waals surface area contributed by atoms with E-state index < -0.39 is 0 Å². The molecule has 330 valence electrons. The minimum absolute atomic E-state index is 0.869. The van der Waals surface area contributed by atoms with Crippen molar-refractivity contribution in [1.29, 1.82) is 0 Å². The summed E-state index contributed by atoms with van der Waals surface area (Å²) in [4.78, 5) is 22.9. The Labute approximate surface area is 410 Å². The van der Waals surface area contributed by atoms with Crippen LogP contribution < -0.4 is 0 Å². The SMILES string of the molecule is c1ccc(-c2cnc3c(c2)c2cc(-c4ccccc4)cc4c5c6nc7c8ccccc8c8ccccc8c7nc6c6c7cc(-c8ccccc8)cc8c9cc(-c%10ccccc%10)cnc9n(c87)c6c5n3c24)cc1. The molecule has 0 atom stereocenters. The van der Waals surface area contributed by atoms with Gasteiger partial charge in [0.25, 0.3) is 0 Å². The number of fused-ring (bicyclic) bond motifs is 22. The molecule has 10 aromatic carbocycles. The molecule has 0 saturated heterocycles. The molecule has 0 unspecified atom stereocenters. The number of hydrogen-bond acceptors (Lipinski definition) is 4. The van der Waals surface area contributed by atoms with Crippen LogP contribution in [0.3, 0.4) is 0 Å². The maximum Gasteiger partial charge on any atom is 0.145 e. The number of pyridine rings is 2. The van der Waals surface area contributed by atoms with Crippen molar-refractivity contribution in [2.24, 2.45) is 0 Å². The van der Waals surface area contributed by atoms with Gasteiger partial charge in [0.05, 0.1) is 33.1 Å². The van der Waals surface area contributed by atoms with E-state index >= 15 is 0 Å². The quantitative estimate of drug-likeness (QED) is 0.130. The standard InChI is InChI=1S/C66H36N6/c1-5-17-37(18-6-1)41-29-49-51-33-43(39-21-9-3-10-22-39)35-67-65(51)71-61(49)53(31-41)55-59-60(70-58-48-28-16-14-26-46(48)45-25-13-15-27-47(45)57(58)69-59)56-54-32-42(38-19-7-2-8-20-38)30-50-52-34-44(40-23-11-4-12-24-40)36-68-66(52)72(62(50)54)64(56)63(55)71/h1-36H. The van der Waals surface area contributed by atoms with E-state index in [1.54, 1.807) is 0 Å². The van der Waals surface area contributed by atoms with E-state index in [1.807, 2.05) is 12.4 Å². The number of benzene rings is 10. The predicted octanol–water partition coefficient (Wildman–Crippen LogP) is 16.8. The molecule has 0 N–H and O–H groups in total. The van der Waals surface area contributed by atoms with Crippen LogP contribution in [0.2, 0.25) is 0 Å². The highest BCUT2D eigenvalue weighted by Gasteiger charge is 2.31. The number of hydrogen-bond donors (Lipinski definition) is 0. The molecule has 0 aliphatic carbocycles. The average molecular weight is 913 g/mol. The van der Waals surface area contributed by atoms with Crippen LogP contribution in [-0.2, 0) is 0 Å². The van der Waals surface area contributed by atoms with Gasteiger partial charge in [0.1, 0.15) is 22.3 Å². The Balaban J connectivity index is 1.16. The van der Waals surface area contributed by atoms with Gasteiger partial charge in [0.2, 0.25) is 0 Å². The van der Waals surface area contributed by atoms with E-state index in [2.05, 4.69) is 215 Å². The summed E-state index contributed by atoms with van der Waals surface area (Å²) in [7, 11) is 0. The monoisotopic (exact) mass is 912 g/mol. The van der Waals surface area contributed by atoms with Crippen LogP contribution in [0.15, 0.2) is 219 Å². The Morgan fingerprint density at radius 2 is 0.556 bits per heavy atom. The van der Waals surface area contributed by atoms with E-state index in [-0.39, 0.29) is 0 Å². The molecule has 6 nitrogen and oxygen atoms in total. The highest BCUT2D eigenvalue weighted by Crippen LogP contribution is 2.52. The van der Waals surface area contributed by atoms with Crippen LogP contribution in [0.5, 0.6) is 0 Å². The van der Waals surface area contributed by atoms with Gasteiger partial charge in [0, 0.05) is 77.4 Å². The van der Waals surface area contributed by atoms with Crippen LogP contribution in [0.4, 0.5) is 0 Å². The summed E-state index contributed by atoms with van der Waals surface area (Å²) in [6, 6.07) is 74.2. The molecule has 0 radical (unpaired) electrons. The van der Waals surface area contributed by atoms with Gasteiger partial charge in [-0.05, 0) is 80.6 Å². The molecule has 6 heteroatoms. The summed E-state index contributed by atoms with van der Waals surface area (Å²) in [5.41, 5.74) is 18.6. The van der Waals surface area contributed by atoms with Crippen molar-refractivity contribution >= 4 is 120 Å². The summed E-state index contributed by atoms with van der Waals surface area (Å²) in [6.07, 6.45) is 4.08. The zero-order chi connectivity index (χ0) is 46.8. The van der Waals surface area contributed by atoms with Gasteiger partial charge in [-0.3, -0.25) is 8.80 Å². The summed E-state index contributed by atoms with van der Waals surface area (Å²) in [6.45, 7) is 0. The zero-order valence-corrected chi connectivity index (χ0v) is 38.5. The summed E-state index contributed by atoms with van der Waals surface area (Å²) >= 11 is 0. The molecule has 0 aliphatic rings. The van der Waals surface area contributed by atoms with E-state index in [0.717, 1.165) is 165 Å². The molecule has 72 heavy (non-hydrogen) atoms. The van der Waals surface area contributed by atoms with E-state index in [0.29, 0.717) is 0 Å². The molecule has 17 rings (SSSR count). The average Bonchev–Trinajstić information content (AvgIpc) is 4.20. The van der Waals surface area contributed by atoms with E-state index in [1.165, 1.54) is 0 Å². The van der Waals surface area contributed by atoms with Crippen LogP contribution in [0.25, 0.3) is 165 Å². The molecular weight excluding hydrogens is 877 g/mol. The number of nitrogens with zero attached hydrogens (tertiary/aromatic N) is 6. The maximum absolute atomic E-state index is 5.97. The topological polar surface area (TPSA) is 60.4 Å². The van der Waals surface area contributed by atoms with Crippen LogP contribution >= 0.6 is 0 Å². The van der Waals surface area contributed by atoms with Crippen LogP contribution in [0.1, 0.15) is 0 Å². The second kappa shape index (κ2) is 13.9. The Hall–Kier alpha value is -9.78. The summed E-state index contributed by atoms with van der Waals surface area (Å²) in [5.74, 6) is 0. The number of rotatable bonds is 4. The lowest BCUT2D eigenvalue weighted by atomic mass is 9.96. The van der Waals surface area contributed by atoms with Gasteiger partial charge in [0.15, 0.2) is 0 Å². The van der Waals surface area contributed by atoms with Crippen molar-refractivity contribution in [2.75, 3.05) is 0 Å². The fourth-order valence-corrected chi connectivity index (χ4v) is 12.4. The largest absolute Gasteiger partial charge is 0.290 e. The molecule has 0 bridgehead atoms. The highest BCUT2D eigenvalue weighted by molar-refractivity contribution is 6.41. The van der Waals surface area contributed by atoms with Gasteiger partial charge in [-0.2, -0.15) is 0 Å². The molecule has 17 aromatic rings. The molecule has 0 saturated carbocycles. The van der Waals surface area contributed by atoms with E-state index in [9.17, 15) is 0 Å². The van der Waals surface area contributed by atoms with Gasteiger partial charge in [-0.25, -0.2) is 19.9 Å². The smallest absolute Gasteiger partial charge is 0.145 e. The lowest BCUT2D eigenvalue weighted by molar-refractivity contribution is 1.24. The summed E-state index contributed by atoms with van der Waals surface area (Å²) < 4.78 is 4.89. The normalized spacial score (nSPS) is 12.4. The molecule has 0 amide bonds. The third kappa shape index (κ3) is 4.97. The Bertz CT molecular complexity index is 4800. The Kier molecular flexibility index (Phi) is 7.38. The second-order valence-electron chi connectivity index (χ2n) is 19.3. The first-order valence-corrected chi connectivity index (χ1v) is 24.5. The van der Waals surface area contributed by atoms with Gasteiger partial charge in [-0.15, -0.1) is 0 Å². The predicted molar refractivity (Wildman–Crippen MR) is 299 cm³/mol. The second-order valence-corrected chi connectivity index (χ2v) is 19.3. The first-order chi connectivity index (χ1) is 35.7. The molecule has 0 fully saturated rings. The lowest BCUT2D eigenvalue weighted by Crippen LogP contribution is -1.95. The van der Waals surface area contributed by atoms with Crippen molar-refractivity contribution in [1.82, 2.24) is 28.7 Å². The molecule has 0 aliphatic heterocycles. The van der Waals surface area contributed by atoms with Crippen LogP contribution in [0, 0.1) is 0 Å². The molecule has 0 spiro atoms. The molecule has 7 heterocycles. The minimum Gasteiger partial charge on any atom is -0.290 e. The Morgan fingerprint density at radius 3 is 0.944 bits per heavy atom. The zero-order valence-electron chi connectivity index (χ0n) is 38.5. The van der Waals surface area contributed by atoms with Gasteiger partial charge in [-0.1, -0.05) is 170 Å². The third-order valence-electron chi connectivity index (χ3n) is 15.5. The fourth-order valence-electron chi connectivity index (χ4n) is 12.4. The lowest BCUT2D eigenvalue weighted by Gasteiger charge is -2.13. The van der Waals surface area contributed by atoms with Crippen molar-refractivity contribution in [3.8, 4) is 44.5 Å². The maximum atomic E-state index is 5.97. The van der Waals surface area contributed by atoms with Crippen molar-refractivity contribution in [3.63, 3.8) is 0 Å². The Morgan fingerprint density at radius 1 is 0.236 bits per heavy atom. The first kappa shape index (κ1) is 38.1. The molecule has 7 aromatic heterocycles. The van der Waals surface area contributed by atoms with Gasteiger partial charge >= 0.3 is 0 Å². The van der Waals surface area contributed by atoms with Crippen molar-refractivity contribution in [2.45, 2.75) is 0 Å². The number of aromatic nitrogens is 6. The summed E-state index contributed by atoms with van der Waals surface area (Å²) in [5, 5.41) is 13.3. The van der Waals surface area contributed by atoms with E-state index in [4.69, 9.17) is 19.9 Å².